The van der Waals surface area contributed by atoms with Crippen molar-refractivity contribution in [1.82, 2.24) is 19.9 Å². The van der Waals surface area contributed by atoms with Gasteiger partial charge in [-0.15, -0.1) is 11.3 Å². The smallest absolute Gasteiger partial charge is 0.243 e. The van der Waals surface area contributed by atoms with E-state index in [0.29, 0.717) is 35.6 Å². The van der Waals surface area contributed by atoms with Crippen LogP contribution in [0.5, 0.6) is 0 Å². The maximum Gasteiger partial charge on any atom is 0.243 e. The highest BCUT2D eigenvalue weighted by atomic mass is 32.2. The van der Waals surface area contributed by atoms with E-state index in [4.69, 9.17) is 11.5 Å². The quantitative estimate of drug-likeness (QED) is 0.0608. The van der Waals surface area contributed by atoms with Gasteiger partial charge in [0, 0.05) is 19.9 Å². The molecule has 1 fully saturated rings. The fraction of sp³-hybridized carbons (Fsp3) is 0.323. The molecule has 0 saturated carbocycles. The summed E-state index contributed by atoms with van der Waals surface area (Å²) in [4.78, 5) is 50.5. The summed E-state index contributed by atoms with van der Waals surface area (Å²) in [6, 6.07) is 15.5. The summed E-state index contributed by atoms with van der Waals surface area (Å²) in [5.41, 5.74) is 11.5. The van der Waals surface area contributed by atoms with Gasteiger partial charge in [-0.25, -0.2) is 13.4 Å². The number of likely N-dealkylation sites (tertiary alicyclic amines) is 1. The number of carbonyl (C=O) groups is 3. The number of rotatable bonds is 13. The van der Waals surface area contributed by atoms with Gasteiger partial charge in [-0.3, -0.25) is 19.4 Å². The van der Waals surface area contributed by atoms with Crippen molar-refractivity contribution in [1.29, 1.82) is 0 Å². The van der Waals surface area contributed by atoms with Crippen LogP contribution in [0.15, 0.2) is 76.6 Å². The van der Waals surface area contributed by atoms with E-state index >= 15 is 0 Å². The van der Waals surface area contributed by atoms with Gasteiger partial charge < -0.3 is 26.8 Å². The molecule has 0 unspecified atom stereocenters. The van der Waals surface area contributed by atoms with Gasteiger partial charge >= 0.3 is 0 Å². The van der Waals surface area contributed by atoms with Crippen LogP contribution in [0.25, 0.3) is 21.0 Å². The van der Waals surface area contributed by atoms with E-state index in [0.717, 1.165) is 4.70 Å². The fourth-order valence-corrected chi connectivity index (χ4v) is 7.89. The van der Waals surface area contributed by atoms with Crippen LogP contribution in [0, 0.1) is 0 Å². The molecule has 0 radical (unpaired) electrons. The van der Waals surface area contributed by atoms with Crippen LogP contribution in [-0.2, 0) is 19.6 Å². The molecule has 3 aromatic carbocycles. The number of ketones is 1. The zero-order chi connectivity index (χ0) is 32.8. The molecule has 46 heavy (non-hydrogen) atoms. The number of nitrogens with one attached hydrogen (secondary N) is 2. The Bertz CT molecular complexity index is 1860. The third kappa shape index (κ3) is 7.33. The SMILES string of the molecule is NC(N)=NCCC[C@H](NC(=O)[C@@H]1CCCN1C(=O)[C@H](CO)NS(=O)(=O)c1cccc2ccccc12)C(=O)c1nc2ccccc2s1.[HH]. The molecule has 244 valence electrons. The van der Waals surface area contributed by atoms with Gasteiger partial charge in [0.25, 0.3) is 0 Å². The Kier molecular flexibility index (Phi) is 10.3. The number of para-hydroxylation sites is 1. The first-order valence-electron chi connectivity index (χ1n) is 14.8. The summed E-state index contributed by atoms with van der Waals surface area (Å²) in [6.07, 6.45) is 1.36. The van der Waals surface area contributed by atoms with Crippen molar-refractivity contribution in [3.8, 4) is 0 Å². The second-order valence-electron chi connectivity index (χ2n) is 10.9. The predicted molar refractivity (Wildman–Crippen MR) is 178 cm³/mol. The second-order valence-corrected chi connectivity index (χ2v) is 13.6. The minimum absolute atomic E-state index is 0. The van der Waals surface area contributed by atoms with E-state index in [9.17, 15) is 27.9 Å². The molecule has 2 heterocycles. The molecule has 3 atom stereocenters. The number of benzene rings is 3. The lowest BCUT2D eigenvalue weighted by Gasteiger charge is -2.29. The van der Waals surface area contributed by atoms with Crippen LogP contribution in [0.1, 0.15) is 36.9 Å². The van der Waals surface area contributed by atoms with Crippen LogP contribution < -0.4 is 21.5 Å². The molecule has 13 nitrogen and oxygen atoms in total. The number of amides is 2. The minimum Gasteiger partial charge on any atom is -0.394 e. The number of fused-ring (bicyclic) bond motifs is 2. The number of guanidine groups is 1. The molecule has 15 heteroatoms. The Morgan fingerprint density at radius 1 is 1.07 bits per heavy atom. The Morgan fingerprint density at radius 2 is 1.80 bits per heavy atom. The zero-order valence-electron chi connectivity index (χ0n) is 24.8. The molecule has 0 aliphatic carbocycles. The maximum atomic E-state index is 13.6. The third-order valence-electron chi connectivity index (χ3n) is 7.74. The average molecular weight is 668 g/mol. The minimum atomic E-state index is -4.24. The van der Waals surface area contributed by atoms with E-state index in [1.807, 2.05) is 18.2 Å². The van der Waals surface area contributed by atoms with Crippen molar-refractivity contribution in [3.63, 3.8) is 0 Å². The third-order valence-corrected chi connectivity index (χ3v) is 10.3. The largest absolute Gasteiger partial charge is 0.394 e. The number of aliphatic imine (C=N–C) groups is 1. The van der Waals surface area contributed by atoms with E-state index < -0.39 is 46.6 Å². The number of thiazole rings is 1. The lowest BCUT2D eigenvalue weighted by atomic mass is 10.1. The number of carbonyl (C=O) groups excluding carboxylic acids is 3. The molecule has 1 saturated heterocycles. The second kappa shape index (κ2) is 14.3. The van der Waals surface area contributed by atoms with Gasteiger partial charge in [0.1, 0.15) is 12.1 Å². The van der Waals surface area contributed by atoms with Gasteiger partial charge in [-0.1, -0.05) is 48.5 Å². The normalized spacial score (nSPS) is 16.3. The van der Waals surface area contributed by atoms with Gasteiger partial charge in [-0.05, 0) is 49.3 Å². The van der Waals surface area contributed by atoms with Crippen LogP contribution >= 0.6 is 11.3 Å². The van der Waals surface area contributed by atoms with Gasteiger partial charge in [0.2, 0.25) is 27.6 Å². The molecule has 4 aromatic rings. The van der Waals surface area contributed by atoms with Crippen LogP contribution in [0.4, 0.5) is 0 Å². The summed E-state index contributed by atoms with van der Waals surface area (Å²) in [7, 11) is -4.24. The zero-order valence-corrected chi connectivity index (χ0v) is 26.5. The molecular weight excluding hydrogens is 631 g/mol. The van der Waals surface area contributed by atoms with Crippen molar-refractivity contribution in [3.05, 3.63) is 71.7 Å². The van der Waals surface area contributed by atoms with Crippen molar-refractivity contribution in [2.24, 2.45) is 16.5 Å². The summed E-state index contributed by atoms with van der Waals surface area (Å²) in [5.74, 6) is -1.79. The molecular formula is C31H37N7O6S2. The lowest BCUT2D eigenvalue weighted by molar-refractivity contribution is -0.140. The number of nitrogens with two attached hydrogens (primary N) is 2. The number of hydrogen-bond acceptors (Lipinski definition) is 9. The molecule has 2 amide bonds. The first-order chi connectivity index (χ1) is 22.1. The van der Waals surface area contributed by atoms with Gasteiger partial charge in [-0.2, -0.15) is 4.72 Å². The number of aromatic nitrogens is 1. The summed E-state index contributed by atoms with van der Waals surface area (Å²) < 4.78 is 29.9. The van der Waals surface area contributed by atoms with Crippen LogP contribution in [0.2, 0.25) is 0 Å². The fourth-order valence-electron chi connectivity index (χ4n) is 5.52. The van der Waals surface area contributed by atoms with Gasteiger partial charge in [0.15, 0.2) is 11.0 Å². The molecule has 0 spiro atoms. The summed E-state index contributed by atoms with van der Waals surface area (Å²) >= 11 is 1.22. The van der Waals surface area contributed by atoms with Crippen LogP contribution in [0.3, 0.4) is 0 Å². The number of Topliss-reactive ketones (excluding diaryl/α,β-unsaturated/α-hetero) is 1. The molecule has 1 aromatic heterocycles. The standard InChI is InChI=1S/C31H35N7O6S2.H2/c32-31(33)34-16-6-12-22(27(40)29-36-21-11-3-4-14-25(21)45-29)35-28(41)24-13-7-17-38(24)30(42)23(18-39)37-46(43,44)26-15-5-9-19-8-1-2-10-20(19)26;/h1-5,8-11,14-15,22-24,37,39H,6-7,12-13,16-18H2,(H,35,41)(H4,32,33,34);1H/t22-,23-,24-;/m0./s1. The first kappa shape index (κ1) is 32.9. The van der Waals surface area contributed by atoms with Crippen molar-refractivity contribution in [2.75, 3.05) is 19.7 Å². The van der Waals surface area contributed by atoms with Gasteiger partial charge in [0.05, 0.1) is 27.8 Å². The number of hydrogen-bond donors (Lipinski definition) is 5. The molecule has 1 aliphatic heterocycles. The highest BCUT2D eigenvalue weighted by molar-refractivity contribution is 7.89. The highest BCUT2D eigenvalue weighted by Crippen LogP contribution is 2.26. The molecule has 5 rings (SSSR count). The first-order valence-corrected chi connectivity index (χ1v) is 17.1. The molecule has 7 N–H and O–H groups in total. The van der Waals surface area contributed by atoms with Crippen molar-refractivity contribution in [2.45, 2.75) is 48.7 Å². The number of aliphatic hydroxyl groups is 1. The lowest BCUT2D eigenvalue weighted by Crippen LogP contribution is -2.56. The number of aliphatic hydroxyl groups excluding tert-OH is 1. The maximum absolute atomic E-state index is 13.6. The Balaban J connectivity index is 0.00000500. The van der Waals surface area contributed by atoms with Crippen molar-refractivity contribution < 1.29 is 29.3 Å². The number of sulfonamides is 1. The highest BCUT2D eigenvalue weighted by Gasteiger charge is 2.40. The number of nitrogens with zero attached hydrogens (tertiary/aromatic N) is 3. The predicted octanol–water partition coefficient (Wildman–Crippen LogP) is 1.75. The Morgan fingerprint density at radius 3 is 2.57 bits per heavy atom. The molecule has 0 bridgehead atoms. The Labute approximate surface area is 271 Å². The molecule has 1 aliphatic rings. The van der Waals surface area contributed by atoms with E-state index in [-0.39, 0.29) is 42.6 Å². The topological polar surface area (TPSA) is 210 Å². The van der Waals surface area contributed by atoms with E-state index in [2.05, 4.69) is 20.0 Å². The monoisotopic (exact) mass is 667 g/mol. The summed E-state index contributed by atoms with van der Waals surface area (Å²) in [6.45, 7) is -0.410. The summed E-state index contributed by atoms with van der Waals surface area (Å²) in [5, 5.41) is 14.3. The van der Waals surface area contributed by atoms with E-state index in [1.165, 1.54) is 22.3 Å². The Hall–Kier alpha value is -4.44. The van der Waals surface area contributed by atoms with E-state index in [1.54, 1.807) is 42.5 Å². The van der Waals surface area contributed by atoms with Crippen molar-refractivity contribution >= 4 is 65.9 Å². The van der Waals surface area contributed by atoms with Crippen LogP contribution in [-0.4, -0.2) is 84.8 Å². The average Bonchev–Trinajstić information content (AvgIpc) is 3.72.